The molecule has 21 heavy (non-hydrogen) atoms. The van der Waals surface area contributed by atoms with E-state index in [1.54, 1.807) is 0 Å². The van der Waals surface area contributed by atoms with Gasteiger partial charge in [0.15, 0.2) is 0 Å². The van der Waals surface area contributed by atoms with Crippen LogP contribution in [0.3, 0.4) is 0 Å². The van der Waals surface area contributed by atoms with Gasteiger partial charge in [-0.05, 0) is 18.6 Å². The fourth-order valence-electron chi connectivity index (χ4n) is 3.38. The zero-order valence-electron chi connectivity index (χ0n) is 12.2. The smallest absolute Gasteiger partial charge is 0.248 e. The van der Waals surface area contributed by atoms with E-state index >= 15 is 0 Å². The predicted octanol–water partition coefficient (Wildman–Crippen LogP) is 1.29. The maximum Gasteiger partial charge on any atom is 0.248 e. The van der Waals surface area contributed by atoms with Gasteiger partial charge in [-0.15, -0.1) is 0 Å². The van der Waals surface area contributed by atoms with Crippen molar-refractivity contribution in [2.45, 2.75) is 12.8 Å². The van der Waals surface area contributed by atoms with Crippen LogP contribution in [-0.4, -0.2) is 50.1 Å². The van der Waals surface area contributed by atoms with E-state index in [1.165, 1.54) is 7.11 Å². The van der Waals surface area contributed by atoms with E-state index in [0.717, 1.165) is 18.7 Å². The van der Waals surface area contributed by atoms with Crippen molar-refractivity contribution < 1.29 is 14.3 Å². The van der Waals surface area contributed by atoms with Crippen molar-refractivity contribution in [3.63, 3.8) is 0 Å². The molecule has 2 saturated heterocycles. The summed E-state index contributed by atoms with van der Waals surface area (Å²) in [5.74, 6) is 0.169. The van der Waals surface area contributed by atoms with Crippen LogP contribution in [0.1, 0.15) is 12.8 Å². The molecule has 2 heterocycles. The average molecular weight is 288 g/mol. The first kappa shape index (κ1) is 14.1. The molecule has 2 fully saturated rings. The molecule has 2 aliphatic heterocycles. The fraction of sp³-hybridized carbons (Fsp3) is 0.500. The number of carbonyl (C=O) groups excluding carboxylic acids is 2. The number of para-hydroxylation sites is 1. The quantitative estimate of drug-likeness (QED) is 0.842. The summed E-state index contributed by atoms with van der Waals surface area (Å²) in [6.45, 7) is 2.20. The van der Waals surface area contributed by atoms with Crippen LogP contribution >= 0.6 is 0 Å². The zero-order chi connectivity index (χ0) is 14.9. The van der Waals surface area contributed by atoms with Gasteiger partial charge in [-0.1, -0.05) is 18.2 Å². The Hall–Kier alpha value is -1.88. The summed E-state index contributed by atoms with van der Waals surface area (Å²) in [5.41, 5.74) is 0.858. The summed E-state index contributed by atoms with van der Waals surface area (Å²) in [5, 5.41) is 0. The molecule has 0 bridgehead atoms. The van der Waals surface area contributed by atoms with E-state index in [-0.39, 0.29) is 23.8 Å². The minimum absolute atomic E-state index is 0.0139. The molecule has 1 aromatic carbocycles. The second-order valence-corrected chi connectivity index (χ2v) is 5.99. The van der Waals surface area contributed by atoms with Gasteiger partial charge >= 0.3 is 0 Å². The van der Waals surface area contributed by atoms with E-state index in [9.17, 15) is 9.59 Å². The highest BCUT2D eigenvalue weighted by atomic mass is 16.5. The van der Waals surface area contributed by atoms with E-state index < -0.39 is 0 Å². The molecule has 1 atom stereocenters. The first-order valence-corrected chi connectivity index (χ1v) is 7.26. The number of hydrogen-bond acceptors (Lipinski definition) is 3. The molecule has 1 spiro atoms. The number of hydrogen-bond donors (Lipinski definition) is 0. The van der Waals surface area contributed by atoms with Crippen LogP contribution in [-0.2, 0) is 14.3 Å². The Balaban J connectivity index is 1.72. The highest BCUT2D eigenvalue weighted by Gasteiger charge is 2.48. The molecule has 0 saturated carbocycles. The second-order valence-electron chi connectivity index (χ2n) is 5.99. The highest BCUT2D eigenvalue weighted by Crippen LogP contribution is 2.41. The average Bonchev–Trinajstić information content (AvgIpc) is 3.04. The first-order valence-electron chi connectivity index (χ1n) is 7.26. The number of benzene rings is 1. The molecule has 3 rings (SSSR count). The van der Waals surface area contributed by atoms with Crippen LogP contribution in [0, 0.1) is 5.41 Å². The standard InChI is InChI=1S/C16H20N2O3/c1-21-10-15(20)17-8-7-16(11-17)9-14(19)18(12-16)13-5-3-2-4-6-13/h2-6H,7-12H2,1H3/t16-/m1/s1. The molecule has 112 valence electrons. The topological polar surface area (TPSA) is 49.9 Å². The van der Waals surface area contributed by atoms with Gasteiger partial charge in [0.25, 0.3) is 0 Å². The van der Waals surface area contributed by atoms with Crippen LogP contribution in [0.2, 0.25) is 0 Å². The third-order valence-electron chi connectivity index (χ3n) is 4.45. The molecule has 5 heteroatoms. The van der Waals surface area contributed by atoms with Gasteiger partial charge in [0.05, 0.1) is 0 Å². The minimum Gasteiger partial charge on any atom is -0.375 e. The number of carbonyl (C=O) groups is 2. The molecule has 1 aromatic rings. The summed E-state index contributed by atoms with van der Waals surface area (Å²) >= 11 is 0. The Kier molecular flexibility index (Phi) is 3.68. The van der Waals surface area contributed by atoms with Crippen molar-refractivity contribution in [3.05, 3.63) is 30.3 Å². The maximum atomic E-state index is 12.3. The molecular weight excluding hydrogens is 268 g/mol. The van der Waals surface area contributed by atoms with Crippen molar-refractivity contribution in [2.24, 2.45) is 5.41 Å². The monoisotopic (exact) mass is 288 g/mol. The summed E-state index contributed by atoms with van der Waals surface area (Å²) in [6, 6.07) is 9.74. The SMILES string of the molecule is COCC(=O)N1CC[C@@]2(CC(=O)N(c3ccccc3)C2)C1. The number of amides is 2. The lowest BCUT2D eigenvalue weighted by Crippen LogP contribution is -2.35. The lowest BCUT2D eigenvalue weighted by Gasteiger charge is -2.24. The molecule has 0 radical (unpaired) electrons. The van der Waals surface area contributed by atoms with Gasteiger partial charge in [0.2, 0.25) is 11.8 Å². The van der Waals surface area contributed by atoms with E-state index in [2.05, 4.69) is 0 Å². The zero-order valence-corrected chi connectivity index (χ0v) is 12.2. The predicted molar refractivity (Wildman–Crippen MR) is 78.9 cm³/mol. The Labute approximate surface area is 124 Å². The van der Waals surface area contributed by atoms with Crippen molar-refractivity contribution >= 4 is 17.5 Å². The highest BCUT2D eigenvalue weighted by molar-refractivity contribution is 5.96. The van der Waals surface area contributed by atoms with E-state index in [0.29, 0.717) is 19.5 Å². The lowest BCUT2D eigenvalue weighted by atomic mass is 9.86. The third-order valence-corrected chi connectivity index (χ3v) is 4.45. The summed E-state index contributed by atoms with van der Waals surface area (Å²) in [7, 11) is 1.53. The Morgan fingerprint density at radius 1 is 1.29 bits per heavy atom. The number of methoxy groups -OCH3 is 1. The van der Waals surface area contributed by atoms with Crippen LogP contribution in [0.25, 0.3) is 0 Å². The van der Waals surface area contributed by atoms with Crippen LogP contribution in [0.5, 0.6) is 0 Å². The molecule has 0 unspecified atom stereocenters. The van der Waals surface area contributed by atoms with Gasteiger partial charge in [0.1, 0.15) is 6.61 Å². The van der Waals surface area contributed by atoms with Gasteiger partial charge in [0, 0.05) is 44.3 Å². The van der Waals surface area contributed by atoms with Gasteiger partial charge in [-0.2, -0.15) is 0 Å². The van der Waals surface area contributed by atoms with E-state index in [4.69, 9.17) is 4.74 Å². The second kappa shape index (κ2) is 5.48. The van der Waals surface area contributed by atoms with Crippen molar-refractivity contribution in [3.8, 4) is 0 Å². The minimum atomic E-state index is -0.0870. The number of likely N-dealkylation sites (tertiary alicyclic amines) is 1. The Morgan fingerprint density at radius 2 is 2.05 bits per heavy atom. The largest absolute Gasteiger partial charge is 0.375 e. The van der Waals surface area contributed by atoms with Crippen LogP contribution in [0.4, 0.5) is 5.69 Å². The van der Waals surface area contributed by atoms with E-state index in [1.807, 2.05) is 40.1 Å². The molecular formula is C16H20N2O3. The third kappa shape index (κ3) is 2.65. The van der Waals surface area contributed by atoms with Crippen molar-refractivity contribution in [1.29, 1.82) is 0 Å². The number of ether oxygens (including phenoxy) is 1. The summed E-state index contributed by atoms with van der Waals surface area (Å²) in [4.78, 5) is 27.9. The van der Waals surface area contributed by atoms with Crippen molar-refractivity contribution in [1.82, 2.24) is 4.90 Å². The normalized spacial score (nSPS) is 25.1. The molecule has 0 aromatic heterocycles. The molecule has 2 amide bonds. The number of anilines is 1. The number of rotatable bonds is 3. The lowest BCUT2D eigenvalue weighted by molar-refractivity contribution is -0.134. The Morgan fingerprint density at radius 3 is 2.76 bits per heavy atom. The van der Waals surface area contributed by atoms with Crippen molar-refractivity contribution in [2.75, 3.05) is 38.3 Å². The molecule has 0 N–H and O–H groups in total. The van der Waals surface area contributed by atoms with Gasteiger partial charge in [-0.3, -0.25) is 9.59 Å². The first-order chi connectivity index (χ1) is 10.1. The fourth-order valence-corrected chi connectivity index (χ4v) is 3.38. The van der Waals surface area contributed by atoms with Crippen LogP contribution in [0.15, 0.2) is 30.3 Å². The molecule has 2 aliphatic rings. The molecule has 5 nitrogen and oxygen atoms in total. The number of nitrogens with zero attached hydrogens (tertiary/aromatic N) is 2. The van der Waals surface area contributed by atoms with Gasteiger partial charge in [-0.25, -0.2) is 0 Å². The van der Waals surface area contributed by atoms with Gasteiger partial charge < -0.3 is 14.5 Å². The van der Waals surface area contributed by atoms with Crippen LogP contribution < -0.4 is 4.90 Å². The maximum absolute atomic E-state index is 12.3. The summed E-state index contributed by atoms with van der Waals surface area (Å²) < 4.78 is 4.91. The molecule has 0 aliphatic carbocycles. The Bertz CT molecular complexity index is 546. The summed E-state index contributed by atoms with van der Waals surface area (Å²) in [6.07, 6.45) is 1.41.